The van der Waals surface area contributed by atoms with E-state index in [0.29, 0.717) is 12.5 Å². The van der Waals surface area contributed by atoms with Crippen molar-refractivity contribution in [2.45, 2.75) is 69.9 Å². The molecule has 1 unspecified atom stereocenters. The van der Waals surface area contributed by atoms with Crippen LogP contribution in [0.2, 0.25) is 0 Å². The maximum atomic E-state index is 11.6. The van der Waals surface area contributed by atoms with Gasteiger partial charge in [0.2, 0.25) is 0 Å². The predicted octanol–water partition coefficient (Wildman–Crippen LogP) is 2.39. The van der Waals surface area contributed by atoms with E-state index >= 15 is 0 Å². The van der Waals surface area contributed by atoms with Crippen LogP contribution in [-0.2, 0) is 9.53 Å². The third-order valence-corrected chi connectivity index (χ3v) is 3.71. The van der Waals surface area contributed by atoms with Crippen LogP contribution in [0.3, 0.4) is 0 Å². The molecule has 1 saturated carbocycles. The highest BCUT2D eigenvalue weighted by molar-refractivity contribution is 5.69. The van der Waals surface area contributed by atoms with E-state index in [0.717, 1.165) is 25.8 Å². The van der Waals surface area contributed by atoms with E-state index in [-0.39, 0.29) is 12.1 Å². The van der Waals surface area contributed by atoms with Crippen LogP contribution in [0, 0.1) is 0 Å². The second kappa shape index (κ2) is 6.24. The molecule has 1 aliphatic carbocycles. The number of esters is 1. The average Bonchev–Trinajstić information content (AvgIpc) is 2.81. The number of hydrogen-bond acceptors (Lipinski definition) is 3. The van der Waals surface area contributed by atoms with E-state index in [1.165, 1.54) is 32.1 Å². The van der Waals surface area contributed by atoms with Gasteiger partial charge in [-0.15, -0.1) is 0 Å². The zero-order chi connectivity index (χ0) is 11.2. The molecule has 0 aromatic heterocycles. The Morgan fingerprint density at radius 2 is 1.88 bits per heavy atom. The fourth-order valence-electron chi connectivity index (χ4n) is 2.71. The summed E-state index contributed by atoms with van der Waals surface area (Å²) in [7, 11) is 0. The number of piperidine rings is 1. The van der Waals surface area contributed by atoms with Gasteiger partial charge >= 0.3 is 5.97 Å². The molecule has 1 heterocycles. The molecule has 1 N–H and O–H groups in total. The van der Waals surface area contributed by atoms with Crippen molar-refractivity contribution in [2.24, 2.45) is 0 Å². The van der Waals surface area contributed by atoms with Crippen LogP contribution in [0.1, 0.15) is 57.8 Å². The lowest BCUT2D eigenvalue weighted by molar-refractivity contribution is -0.149. The Labute approximate surface area is 97.9 Å². The summed E-state index contributed by atoms with van der Waals surface area (Å²) in [6, 6.07) is 0.546. The van der Waals surface area contributed by atoms with Crippen LogP contribution in [0.15, 0.2) is 0 Å². The standard InChI is InChI=1S/C13H23NO2/c15-13(16-12-6-1-2-7-12)9-8-11-5-3-4-10-14-11/h11-12,14H,1-10H2. The van der Waals surface area contributed by atoms with E-state index < -0.39 is 0 Å². The number of nitrogens with one attached hydrogen (secondary N) is 1. The van der Waals surface area contributed by atoms with E-state index in [1.807, 2.05) is 0 Å². The van der Waals surface area contributed by atoms with Crippen molar-refractivity contribution in [3.63, 3.8) is 0 Å². The zero-order valence-corrected chi connectivity index (χ0v) is 10.0. The largest absolute Gasteiger partial charge is 0.462 e. The first kappa shape index (κ1) is 11.9. The van der Waals surface area contributed by atoms with Gasteiger partial charge in [-0.05, 0) is 51.5 Å². The number of hydrogen-bond donors (Lipinski definition) is 1. The average molecular weight is 225 g/mol. The molecular weight excluding hydrogens is 202 g/mol. The van der Waals surface area contributed by atoms with Crippen molar-refractivity contribution in [3.8, 4) is 0 Å². The van der Waals surface area contributed by atoms with Gasteiger partial charge in [-0.25, -0.2) is 0 Å². The van der Waals surface area contributed by atoms with Gasteiger partial charge in [0, 0.05) is 12.5 Å². The van der Waals surface area contributed by atoms with Gasteiger partial charge in [-0.3, -0.25) is 4.79 Å². The smallest absolute Gasteiger partial charge is 0.306 e. The molecular formula is C13H23NO2. The van der Waals surface area contributed by atoms with Gasteiger partial charge in [0.1, 0.15) is 6.10 Å². The monoisotopic (exact) mass is 225 g/mol. The van der Waals surface area contributed by atoms with Crippen LogP contribution < -0.4 is 5.32 Å². The van der Waals surface area contributed by atoms with Gasteiger partial charge in [0.15, 0.2) is 0 Å². The fraction of sp³-hybridized carbons (Fsp3) is 0.923. The Hall–Kier alpha value is -0.570. The SMILES string of the molecule is O=C(CCC1CCCCN1)OC1CCCC1. The summed E-state index contributed by atoms with van der Waals surface area (Å²) in [6.45, 7) is 1.11. The summed E-state index contributed by atoms with van der Waals surface area (Å²) >= 11 is 0. The number of carbonyl (C=O) groups is 1. The Morgan fingerprint density at radius 3 is 2.56 bits per heavy atom. The number of rotatable bonds is 4. The summed E-state index contributed by atoms with van der Waals surface area (Å²) in [5, 5.41) is 3.46. The maximum Gasteiger partial charge on any atom is 0.306 e. The van der Waals surface area contributed by atoms with E-state index in [1.54, 1.807) is 0 Å². The molecule has 0 aromatic rings. The normalized spacial score (nSPS) is 26.9. The molecule has 1 aliphatic heterocycles. The summed E-state index contributed by atoms with van der Waals surface area (Å²) in [4.78, 5) is 11.6. The predicted molar refractivity (Wildman–Crippen MR) is 63.2 cm³/mol. The second-order valence-electron chi connectivity index (χ2n) is 5.08. The molecule has 3 heteroatoms. The minimum Gasteiger partial charge on any atom is -0.462 e. The highest BCUT2D eigenvalue weighted by Crippen LogP contribution is 2.21. The summed E-state index contributed by atoms with van der Waals surface area (Å²) in [6.07, 6.45) is 10.2. The molecule has 0 radical (unpaired) electrons. The lowest BCUT2D eigenvalue weighted by atomic mass is 10.0. The van der Waals surface area contributed by atoms with E-state index in [9.17, 15) is 4.79 Å². The van der Waals surface area contributed by atoms with Crippen LogP contribution in [0.25, 0.3) is 0 Å². The van der Waals surface area contributed by atoms with Crippen molar-refractivity contribution in [2.75, 3.05) is 6.54 Å². The van der Waals surface area contributed by atoms with Crippen molar-refractivity contribution in [1.82, 2.24) is 5.32 Å². The highest BCUT2D eigenvalue weighted by atomic mass is 16.5. The van der Waals surface area contributed by atoms with Crippen molar-refractivity contribution in [1.29, 1.82) is 0 Å². The summed E-state index contributed by atoms with van der Waals surface area (Å²) < 4.78 is 5.44. The number of ether oxygens (including phenoxy) is 1. The van der Waals surface area contributed by atoms with Crippen LogP contribution in [0.5, 0.6) is 0 Å². The molecule has 2 aliphatic rings. The summed E-state index contributed by atoms with van der Waals surface area (Å²) in [5.41, 5.74) is 0. The molecule has 3 nitrogen and oxygen atoms in total. The topological polar surface area (TPSA) is 38.3 Å². The molecule has 16 heavy (non-hydrogen) atoms. The van der Waals surface area contributed by atoms with Crippen molar-refractivity contribution in [3.05, 3.63) is 0 Å². The Kier molecular flexibility index (Phi) is 4.64. The maximum absolute atomic E-state index is 11.6. The van der Waals surface area contributed by atoms with Gasteiger partial charge < -0.3 is 10.1 Å². The van der Waals surface area contributed by atoms with Gasteiger partial charge in [-0.1, -0.05) is 6.42 Å². The van der Waals surface area contributed by atoms with Crippen LogP contribution in [-0.4, -0.2) is 24.7 Å². The Morgan fingerprint density at radius 1 is 1.12 bits per heavy atom. The highest BCUT2D eigenvalue weighted by Gasteiger charge is 2.20. The first-order valence-electron chi connectivity index (χ1n) is 6.77. The van der Waals surface area contributed by atoms with Crippen LogP contribution >= 0.6 is 0 Å². The Balaban J connectivity index is 1.59. The van der Waals surface area contributed by atoms with E-state index in [4.69, 9.17) is 4.74 Å². The second-order valence-corrected chi connectivity index (χ2v) is 5.08. The van der Waals surface area contributed by atoms with Gasteiger partial charge in [0.25, 0.3) is 0 Å². The molecule has 0 bridgehead atoms. The summed E-state index contributed by atoms with van der Waals surface area (Å²) in [5.74, 6) is 0.0132. The molecule has 0 amide bonds. The van der Waals surface area contributed by atoms with Crippen molar-refractivity contribution >= 4 is 5.97 Å². The van der Waals surface area contributed by atoms with Gasteiger partial charge in [-0.2, -0.15) is 0 Å². The minimum absolute atomic E-state index is 0.0132. The first-order valence-corrected chi connectivity index (χ1v) is 6.77. The Bertz CT molecular complexity index is 218. The lowest BCUT2D eigenvalue weighted by Crippen LogP contribution is -2.34. The van der Waals surface area contributed by atoms with Gasteiger partial charge in [0.05, 0.1) is 0 Å². The first-order chi connectivity index (χ1) is 7.84. The van der Waals surface area contributed by atoms with E-state index in [2.05, 4.69) is 5.32 Å². The minimum atomic E-state index is 0.0132. The quantitative estimate of drug-likeness (QED) is 0.747. The fourth-order valence-corrected chi connectivity index (χ4v) is 2.71. The molecule has 92 valence electrons. The van der Waals surface area contributed by atoms with Crippen molar-refractivity contribution < 1.29 is 9.53 Å². The lowest BCUT2D eigenvalue weighted by Gasteiger charge is -2.23. The van der Waals surface area contributed by atoms with Crippen LogP contribution in [0.4, 0.5) is 0 Å². The molecule has 1 saturated heterocycles. The molecule has 0 aromatic carbocycles. The molecule has 0 spiro atoms. The number of carbonyl (C=O) groups excluding carboxylic acids is 1. The molecule has 1 atom stereocenters. The zero-order valence-electron chi connectivity index (χ0n) is 10.0. The molecule has 2 rings (SSSR count). The molecule has 2 fully saturated rings. The third-order valence-electron chi connectivity index (χ3n) is 3.71. The third kappa shape index (κ3) is 3.78.